The molecular weight excluding hydrogens is 303 g/mol. The van der Waals surface area contributed by atoms with Crippen molar-refractivity contribution in [3.63, 3.8) is 0 Å². The number of halogens is 2. The molecule has 1 aromatic carbocycles. The second-order valence-corrected chi connectivity index (χ2v) is 6.75. The summed E-state index contributed by atoms with van der Waals surface area (Å²) in [6.07, 6.45) is 3.32. The van der Waals surface area contributed by atoms with Gasteiger partial charge in [-0.1, -0.05) is 11.6 Å². The molecule has 0 aliphatic rings. The molecule has 0 radical (unpaired) electrons. The van der Waals surface area contributed by atoms with Gasteiger partial charge >= 0.3 is 0 Å². The van der Waals surface area contributed by atoms with E-state index in [-0.39, 0.29) is 0 Å². The highest BCUT2D eigenvalue weighted by atomic mass is 35.5. The third-order valence-corrected chi connectivity index (χ3v) is 4.21. The number of rotatable bonds is 6. The summed E-state index contributed by atoms with van der Waals surface area (Å²) >= 11 is 11.8. The van der Waals surface area contributed by atoms with Gasteiger partial charge in [-0.25, -0.2) is 4.98 Å². The number of hydrogen-bond acceptors (Lipinski definition) is 2. The van der Waals surface area contributed by atoms with Crippen LogP contribution in [0.1, 0.15) is 12.2 Å². The first kappa shape index (κ1) is 14.8. The van der Waals surface area contributed by atoms with E-state index < -0.39 is 10.8 Å². The highest BCUT2D eigenvalue weighted by molar-refractivity contribution is 7.84. The summed E-state index contributed by atoms with van der Waals surface area (Å²) in [5, 5.41) is 0.684. The minimum absolute atomic E-state index is 0.538. The summed E-state index contributed by atoms with van der Waals surface area (Å²) in [6, 6.07) is 5.71. The largest absolute Gasteiger partial charge is 0.328 e. The molecule has 0 amide bonds. The van der Waals surface area contributed by atoms with E-state index in [1.165, 1.54) is 0 Å². The molecule has 0 spiro atoms. The molecule has 1 unspecified atom stereocenters. The zero-order valence-corrected chi connectivity index (χ0v) is 13.1. The number of benzene rings is 1. The summed E-state index contributed by atoms with van der Waals surface area (Å²) < 4.78 is 13.3. The zero-order chi connectivity index (χ0) is 13.8. The Morgan fingerprint density at radius 3 is 2.89 bits per heavy atom. The Bertz CT molecular complexity index is 598. The highest BCUT2D eigenvalue weighted by Crippen LogP contribution is 2.21. The SMILES string of the molecule is CS(=O)CCCn1c(CCCl)nc2cc(Cl)ccc21. The lowest BCUT2D eigenvalue weighted by atomic mass is 10.3. The summed E-state index contributed by atoms with van der Waals surface area (Å²) in [6.45, 7) is 0.809. The van der Waals surface area contributed by atoms with Crippen LogP contribution in [-0.2, 0) is 23.8 Å². The predicted molar refractivity (Wildman–Crippen MR) is 82.7 cm³/mol. The van der Waals surface area contributed by atoms with Crippen LogP contribution in [-0.4, -0.2) is 31.6 Å². The molecule has 2 rings (SSSR count). The number of aromatic nitrogens is 2. The van der Waals surface area contributed by atoms with Gasteiger partial charge in [-0.15, -0.1) is 11.6 Å². The number of imidazole rings is 1. The highest BCUT2D eigenvalue weighted by Gasteiger charge is 2.10. The second kappa shape index (κ2) is 6.73. The van der Waals surface area contributed by atoms with Gasteiger partial charge in [0.05, 0.1) is 11.0 Å². The first-order chi connectivity index (χ1) is 9.11. The first-order valence-corrected chi connectivity index (χ1v) is 8.76. The van der Waals surface area contributed by atoms with E-state index in [9.17, 15) is 4.21 Å². The van der Waals surface area contributed by atoms with Gasteiger partial charge in [0.1, 0.15) is 5.82 Å². The molecule has 0 saturated heterocycles. The molecule has 0 saturated carbocycles. The van der Waals surface area contributed by atoms with Gasteiger partial charge in [-0.05, 0) is 24.6 Å². The van der Waals surface area contributed by atoms with Crippen molar-refractivity contribution in [1.82, 2.24) is 9.55 Å². The lowest BCUT2D eigenvalue weighted by Crippen LogP contribution is -2.07. The van der Waals surface area contributed by atoms with Crippen LogP contribution in [0, 0.1) is 0 Å². The Balaban J connectivity index is 2.31. The maximum absolute atomic E-state index is 11.1. The van der Waals surface area contributed by atoms with Crippen LogP contribution in [0.2, 0.25) is 5.02 Å². The Morgan fingerprint density at radius 1 is 1.42 bits per heavy atom. The second-order valence-electron chi connectivity index (χ2n) is 4.38. The van der Waals surface area contributed by atoms with E-state index in [0.29, 0.717) is 16.7 Å². The third kappa shape index (κ3) is 3.71. The monoisotopic (exact) mass is 318 g/mol. The van der Waals surface area contributed by atoms with Crippen LogP contribution in [0.5, 0.6) is 0 Å². The summed E-state index contributed by atoms with van der Waals surface area (Å²) in [7, 11) is -0.756. The van der Waals surface area contributed by atoms with Gasteiger partial charge < -0.3 is 4.57 Å². The molecule has 0 N–H and O–H groups in total. The van der Waals surface area contributed by atoms with Gasteiger partial charge in [-0.3, -0.25) is 4.21 Å². The van der Waals surface area contributed by atoms with Crippen LogP contribution < -0.4 is 0 Å². The molecule has 0 fully saturated rings. The smallest absolute Gasteiger partial charge is 0.111 e. The van der Waals surface area contributed by atoms with Crippen molar-refractivity contribution in [3.8, 4) is 0 Å². The summed E-state index contributed by atoms with van der Waals surface area (Å²) in [5.41, 5.74) is 1.96. The number of aryl methyl sites for hydroxylation is 2. The van der Waals surface area contributed by atoms with E-state index in [1.54, 1.807) is 6.26 Å². The molecule has 19 heavy (non-hydrogen) atoms. The van der Waals surface area contributed by atoms with E-state index in [2.05, 4.69) is 9.55 Å². The first-order valence-electron chi connectivity index (χ1n) is 6.12. The Kier molecular flexibility index (Phi) is 5.25. The van der Waals surface area contributed by atoms with Crippen molar-refractivity contribution in [2.24, 2.45) is 0 Å². The molecular formula is C13H16Cl2N2OS. The molecule has 6 heteroatoms. The minimum Gasteiger partial charge on any atom is -0.328 e. The molecule has 0 aliphatic carbocycles. The van der Waals surface area contributed by atoms with E-state index in [1.807, 2.05) is 18.2 Å². The van der Waals surface area contributed by atoms with E-state index in [4.69, 9.17) is 23.2 Å². The van der Waals surface area contributed by atoms with Crippen LogP contribution in [0.4, 0.5) is 0 Å². The van der Waals surface area contributed by atoms with Crippen LogP contribution in [0.25, 0.3) is 11.0 Å². The van der Waals surface area contributed by atoms with Gasteiger partial charge in [-0.2, -0.15) is 0 Å². The molecule has 0 bridgehead atoms. The van der Waals surface area contributed by atoms with Crippen molar-refractivity contribution in [2.45, 2.75) is 19.4 Å². The van der Waals surface area contributed by atoms with Crippen LogP contribution >= 0.6 is 23.2 Å². The molecule has 1 heterocycles. The lowest BCUT2D eigenvalue weighted by Gasteiger charge is -2.07. The van der Waals surface area contributed by atoms with Gasteiger partial charge in [0, 0.05) is 46.7 Å². The molecule has 104 valence electrons. The molecule has 3 nitrogen and oxygen atoms in total. The fourth-order valence-corrected chi connectivity index (χ4v) is 2.97. The standard InChI is InChI=1S/C13H16Cl2N2OS/c1-19(18)8-2-7-17-12-4-3-10(15)9-11(12)16-13(17)5-6-14/h3-4,9H,2,5-8H2,1H3. The molecule has 2 aromatic rings. The third-order valence-electron chi connectivity index (χ3n) is 2.92. The summed E-state index contributed by atoms with van der Waals surface area (Å²) in [4.78, 5) is 4.58. The van der Waals surface area contributed by atoms with E-state index in [0.717, 1.165) is 36.2 Å². The number of hydrogen-bond donors (Lipinski definition) is 0. The normalized spacial score (nSPS) is 13.0. The topological polar surface area (TPSA) is 34.9 Å². The quantitative estimate of drug-likeness (QED) is 0.766. The van der Waals surface area contributed by atoms with Crippen molar-refractivity contribution in [3.05, 3.63) is 29.0 Å². The molecule has 1 atom stereocenters. The maximum Gasteiger partial charge on any atom is 0.111 e. The number of alkyl halides is 1. The lowest BCUT2D eigenvalue weighted by molar-refractivity contribution is 0.650. The summed E-state index contributed by atoms with van der Waals surface area (Å²) in [5.74, 6) is 2.21. The fourth-order valence-electron chi connectivity index (χ4n) is 2.10. The van der Waals surface area contributed by atoms with E-state index >= 15 is 0 Å². The average Bonchev–Trinajstić information content (AvgIpc) is 2.66. The Labute approximate surface area is 125 Å². The fraction of sp³-hybridized carbons (Fsp3) is 0.462. The Hall–Kier alpha value is -0.580. The van der Waals surface area contributed by atoms with Gasteiger partial charge in [0.15, 0.2) is 0 Å². The zero-order valence-electron chi connectivity index (χ0n) is 10.7. The van der Waals surface area contributed by atoms with Gasteiger partial charge in [0.2, 0.25) is 0 Å². The number of nitrogens with zero attached hydrogens (tertiary/aromatic N) is 2. The van der Waals surface area contributed by atoms with Crippen LogP contribution in [0.3, 0.4) is 0 Å². The van der Waals surface area contributed by atoms with Crippen molar-refractivity contribution in [2.75, 3.05) is 17.9 Å². The average molecular weight is 319 g/mol. The minimum atomic E-state index is -0.756. The van der Waals surface area contributed by atoms with Crippen LogP contribution in [0.15, 0.2) is 18.2 Å². The number of fused-ring (bicyclic) bond motifs is 1. The maximum atomic E-state index is 11.1. The van der Waals surface area contributed by atoms with Gasteiger partial charge in [0.25, 0.3) is 0 Å². The Morgan fingerprint density at radius 2 is 2.21 bits per heavy atom. The molecule has 1 aromatic heterocycles. The van der Waals surface area contributed by atoms with Crippen molar-refractivity contribution >= 4 is 45.0 Å². The molecule has 0 aliphatic heterocycles. The predicted octanol–water partition coefficient (Wildman–Crippen LogP) is 3.24. The van der Waals surface area contributed by atoms with Crippen molar-refractivity contribution < 1.29 is 4.21 Å². The van der Waals surface area contributed by atoms with Crippen molar-refractivity contribution in [1.29, 1.82) is 0 Å².